The Hall–Kier alpha value is -1.57. The van der Waals surface area contributed by atoms with Gasteiger partial charge < -0.3 is 10.2 Å². The molecule has 0 spiro atoms. The van der Waals surface area contributed by atoms with Crippen LogP contribution in [0.4, 0.5) is 0 Å². The van der Waals surface area contributed by atoms with Crippen LogP contribution in [0.15, 0.2) is 24.0 Å². The lowest BCUT2D eigenvalue weighted by Gasteiger charge is -2.57. The number of aliphatic hydroxyl groups is 2. The monoisotopic (exact) mass is 450 g/mol. The van der Waals surface area contributed by atoms with Crippen LogP contribution in [0, 0.1) is 46.8 Å². The van der Waals surface area contributed by atoms with Crippen LogP contribution in [0.3, 0.4) is 0 Å². The predicted octanol–water partition coefficient (Wildman–Crippen LogP) is 5.34. The molecule has 0 aromatic carbocycles. The standard InChI is InChI=1S/C29H42N2O2/c1-6-20-17-30-31(18-20)19-29(5,33)25-10-9-23-22-8-7-21-11-13-26(2,32)15-16-27(21,3)24(22)12-14-28(23,25)4/h1,7,17-18,22-25,32-33H,8-16,19H2,2-5H3/t22-,23-,24-,25-,26-,27-,28-,29-/m0/s1. The lowest BCUT2D eigenvalue weighted by molar-refractivity contribution is -0.106. The first-order valence-corrected chi connectivity index (χ1v) is 13.1. The van der Waals surface area contributed by atoms with Crippen LogP contribution in [0.1, 0.15) is 91.0 Å². The van der Waals surface area contributed by atoms with Gasteiger partial charge in [-0.25, -0.2) is 0 Å². The fourth-order valence-corrected chi connectivity index (χ4v) is 8.93. The zero-order chi connectivity index (χ0) is 23.6. The molecular formula is C29H42N2O2. The number of rotatable bonds is 3. The Labute approximate surface area is 199 Å². The van der Waals surface area contributed by atoms with Gasteiger partial charge in [-0.1, -0.05) is 31.4 Å². The van der Waals surface area contributed by atoms with Crippen molar-refractivity contribution in [2.24, 2.45) is 34.5 Å². The number of nitrogens with zero attached hydrogens (tertiary/aromatic N) is 2. The van der Waals surface area contributed by atoms with E-state index in [-0.39, 0.29) is 16.7 Å². The maximum absolute atomic E-state index is 11.7. The second-order valence-corrected chi connectivity index (χ2v) is 12.9. The summed E-state index contributed by atoms with van der Waals surface area (Å²) in [6.07, 6.45) is 21.5. The highest BCUT2D eigenvalue weighted by molar-refractivity contribution is 5.27. The lowest BCUT2D eigenvalue weighted by Crippen LogP contribution is -2.53. The molecule has 1 heterocycles. The SMILES string of the molecule is C#Cc1cnn(C[C@](C)(O)[C@H]2CC[C@H]3[C@@H]4CC=C5CC[C@](C)(O)CC[C@]5(C)[C@H]4CC[C@@]32C)c1. The molecule has 0 radical (unpaired) electrons. The van der Waals surface area contributed by atoms with E-state index in [9.17, 15) is 10.2 Å². The van der Waals surface area contributed by atoms with Gasteiger partial charge in [0, 0.05) is 6.20 Å². The molecule has 1 aromatic rings. The molecule has 4 heteroatoms. The Morgan fingerprint density at radius 1 is 1.15 bits per heavy atom. The molecule has 4 nitrogen and oxygen atoms in total. The summed E-state index contributed by atoms with van der Waals surface area (Å²) in [5.74, 6) is 4.96. The molecule has 0 bridgehead atoms. The predicted molar refractivity (Wildman–Crippen MR) is 131 cm³/mol. The number of allylic oxidation sites excluding steroid dienone is 2. The molecule has 0 amide bonds. The van der Waals surface area contributed by atoms with Crippen molar-refractivity contribution in [1.82, 2.24) is 9.78 Å². The minimum Gasteiger partial charge on any atom is -0.390 e. The third-order valence-electron chi connectivity index (χ3n) is 10.8. The quantitative estimate of drug-likeness (QED) is 0.483. The van der Waals surface area contributed by atoms with Crippen LogP contribution in [0.25, 0.3) is 0 Å². The molecule has 0 aliphatic heterocycles. The van der Waals surface area contributed by atoms with Crippen molar-refractivity contribution < 1.29 is 10.2 Å². The van der Waals surface area contributed by atoms with Crippen LogP contribution in [-0.2, 0) is 6.54 Å². The van der Waals surface area contributed by atoms with Gasteiger partial charge >= 0.3 is 0 Å². The van der Waals surface area contributed by atoms with Crippen molar-refractivity contribution >= 4 is 0 Å². The second-order valence-electron chi connectivity index (χ2n) is 12.9. The van der Waals surface area contributed by atoms with Crippen molar-refractivity contribution in [3.05, 3.63) is 29.6 Å². The molecule has 4 aliphatic rings. The first kappa shape index (κ1) is 23.2. The van der Waals surface area contributed by atoms with E-state index in [2.05, 4.69) is 30.9 Å². The molecule has 8 atom stereocenters. The molecule has 3 saturated carbocycles. The minimum atomic E-state index is -0.811. The first-order valence-electron chi connectivity index (χ1n) is 13.1. The van der Waals surface area contributed by atoms with Crippen LogP contribution in [-0.4, -0.2) is 31.2 Å². The largest absolute Gasteiger partial charge is 0.390 e. The van der Waals surface area contributed by atoms with E-state index in [1.165, 1.54) is 25.7 Å². The fourth-order valence-electron chi connectivity index (χ4n) is 8.93. The van der Waals surface area contributed by atoms with Gasteiger partial charge in [0.05, 0.1) is 29.5 Å². The summed E-state index contributed by atoms with van der Waals surface area (Å²) >= 11 is 0. The Bertz CT molecular complexity index is 982. The van der Waals surface area contributed by atoms with Gasteiger partial charge in [0.15, 0.2) is 0 Å². The van der Waals surface area contributed by atoms with Gasteiger partial charge in [0.1, 0.15) is 0 Å². The number of fused-ring (bicyclic) bond motifs is 5. The van der Waals surface area contributed by atoms with Crippen molar-refractivity contribution in [2.75, 3.05) is 0 Å². The van der Waals surface area contributed by atoms with Crippen molar-refractivity contribution in [1.29, 1.82) is 0 Å². The van der Waals surface area contributed by atoms with E-state index in [1.54, 1.807) is 11.8 Å². The van der Waals surface area contributed by atoms with E-state index in [0.29, 0.717) is 24.3 Å². The van der Waals surface area contributed by atoms with Gasteiger partial charge in [-0.05, 0) is 106 Å². The zero-order valence-electron chi connectivity index (χ0n) is 21.0. The zero-order valence-corrected chi connectivity index (χ0v) is 21.0. The van der Waals surface area contributed by atoms with Crippen molar-refractivity contribution in [3.8, 4) is 12.3 Å². The fraction of sp³-hybridized carbons (Fsp3) is 0.759. The van der Waals surface area contributed by atoms with Gasteiger partial charge in [0.25, 0.3) is 0 Å². The number of hydrogen-bond acceptors (Lipinski definition) is 3. The molecule has 33 heavy (non-hydrogen) atoms. The second kappa shape index (κ2) is 7.72. The minimum absolute atomic E-state index is 0.157. The Morgan fingerprint density at radius 3 is 2.67 bits per heavy atom. The van der Waals surface area contributed by atoms with Crippen LogP contribution >= 0.6 is 0 Å². The van der Waals surface area contributed by atoms with Gasteiger partial charge in [-0.15, -0.1) is 6.42 Å². The van der Waals surface area contributed by atoms with E-state index < -0.39 is 11.2 Å². The number of aromatic nitrogens is 2. The highest BCUT2D eigenvalue weighted by Crippen LogP contribution is 2.67. The average molecular weight is 451 g/mol. The summed E-state index contributed by atoms with van der Waals surface area (Å²) in [6, 6.07) is 0. The van der Waals surface area contributed by atoms with Gasteiger partial charge in [-0.3, -0.25) is 4.68 Å². The maximum Gasteiger partial charge on any atom is 0.0848 e. The molecule has 5 rings (SSSR count). The van der Waals surface area contributed by atoms with Crippen LogP contribution in [0.5, 0.6) is 0 Å². The van der Waals surface area contributed by atoms with E-state index in [1.807, 2.05) is 24.7 Å². The molecule has 4 aliphatic carbocycles. The highest BCUT2D eigenvalue weighted by atomic mass is 16.3. The maximum atomic E-state index is 11.7. The Balaban J connectivity index is 1.39. The van der Waals surface area contributed by atoms with Crippen LogP contribution < -0.4 is 0 Å². The highest BCUT2D eigenvalue weighted by Gasteiger charge is 2.61. The summed E-state index contributed by atoms with van der Waals surface area (Å²) in [7, 11) is 0. The molecule has 1 aromatic heterocycles. The average Bonchev–Trinajstić information content (AvgIpc) is 3.32. The normalized spacial score (nSPS) is 44.5. The number of terminal acetylenes is 1. The summed E-state index contributed by atoms with van der Waals surface area (Å²) in [6.45, 7) is 9.51. The summed E-state index contributed by atoms with van der Waals surface area (Å²) in [5.41, 5.74) is 1.44. The van der Waals surface area contributed by atoms with E-state index in [4.69, 9.17) is 6.42 Å². The third kappa shape index (κ3) is 3.71. The lowest BCUT2D eigenvalue weighted by atomic mass is 9.48. The van der Waals surface area contributed by atoms with Crippen LogP contribution in [0.2, 0.25) is 0 Å². The first-order chi connectivity index (χ1) is 15.5. The van der Waals surface area contributed by atoms with Gasteiger partial charge in [0.2, 0.25) is 0 Å². The van der Waals surface area contributed by atoms with E-state index >= 15 is 0 Å². The molecule has 0 unspecified atom stereocenters. The van der Waals surface area contributed by atoms with Gasteiger partial charge in [-0.2, -0.15) is 5.10 Å². The summed E-state index contributed by atoms with van der Waals surface area (Å²) in [5, 5.41) is 26.9. The topological polar surface area (TPSA) is 58.3 Å². The smallest absolute Gasteiger partial charge is 0.0848 e. The molecule has 180 valence electrons. The Kier molecular flexibility index (Phi) is 5.42. The van der Waals surface area contributed by atoms with Crippen molar-refractivity contribution in [3.63, 3.8) is 0 Å². The summed E-state index contributed by atoms with van der Waals surface area (Å²) in [4.78, 5) is 0. The molecule has 3 fully saturated rings. The summed E-state index contributed by atoms with van der Waals surface area (Å²) < 4.78 is 1.82. The molecular weight excluding hydrogens is 408 g/mol. The number of hydrogen-bond donors (Lipinski definition) is 2. The molecule has 0 saturated heterocycles. The van der Waals surface area contributed by atoms with Crippen molar-refractivity contribution in [2.45, 2.75) is 103 Å². The third-order valence-corrected chi connectivity index (χ3v) is 10.8. The van der Waals surface area contributed by atoms with E-state index in [0.717, 1.165) is 37.7 Å². The molecule has 2 N–H and O–H groups in total. The Morgan fingerprint density at radius 2 is 1.94 bits per heavy atom.